The van der Waals surface area contributed by atoms with Crippen LogP contribution in [0.25, 0.3) is 0 Å². The van der Waals surface area contributed by atoms with Crippen LogP contribution >= 0.6 is 0 Å². The highest BCUT2D eigenvalue weighted by Gasteiger charge is 2.30. The third-order valence-electron chi connectivity index (χ3n) is 2.69. The molecule has 3 atom stereocenters. The van der Waals surface area contributed by atoms with Gasteiger partial charge in [0, 0.05) is 0 Å². The van der Waals surface area contributed by atoms with Crippen LogP contribution in [0, 0.1) is 11.3 Å². The maximum Gasteiger partial charge on any atom is 0.416 e. The zero-order valence-electron chi connectivity index (χ0n) is 10.5. The van der Waals surface area contributed by atoms with Crippen molar-refractivity contribution in [3.05, 3.63) is 35.4 Å². The van der Waals surface area contributed by atoms with Crippen molar-refractivity contribution in [2.45, 2.75) is 38.3 Å². The number of hydrogen-bond donors (Lipinski definition) is 1. The van der Waals surface area contributed by atoms with Gasteiger partial charge >= 0.3 is 6.18 Å². The Bertz CT molecular complexity index is 448. The molecule has 3 nitrogen and oxygen atoms in total. The first kappa shape index (κ1) is 15.5. The summed E-state index contributed by atoms with van der Waals surface area (Å²) in [5.41, 5.74) is -0.459. The van der Waals surface area contributed by atoms with Gasteiger partial charge in [-0.1, -0.05) is 12.1 Å². The fraction of sp³-hybridized carbons (Fsp3) is 0.462. The van der Waals surface area contributed by atoms with Crippen LogP contribution in [0.15, 0.2) is 24.3 Å². The van der Waals surface area contributed by atoms with Crippen LogP contribution in [0.2, 0.25) is 0 Å². The van der Waals surface area contributed by atoms with Crippen molar-refractivity contribution < 1.29 is 23.0 Å². The predicted molar refractivity (Wildman–Crippen MR) is 62.0 cm³/mol. The third-order valence-corrected chi connectivity index (χ3v) is 2.69. The molecule has 0 radical (unpaired) electrons. The molecule has 6 heteroatoms. The third kappa shape index (κ3) is 4.23. The molecule has 0 fully saturated rings. The maximum atomic E-state index is 12.4. The molecule has 0 spiro atoms. The van der Waals surface area contributed by atoms with E-state index in [0.29, 0.717) is 5.56 Å². The Labute approximate surface area is 109 Å². The number of alkyl halides is 3. The fourth-order valence-corrected chi connectivity index (χ4v) is 1.36. The van der Waals surface area contributed by atoms with Gasteiger partial charge in [-0.2, -0.15) is 18.4 Å². The van der Waals surface area contributed by atoms with Gasteiger partial charge in [-0.15, -0.1) is 0 Å². The van der Waals surface area contributed by atoms with E-state index in [1.165, 1.54) is 19.1 Å². The minimum absolute atomic E-state index is 0.322. The summed E-state index contributed by atoms with van der Waals surface area (Å²) in [6.45, 7) is 3.09. The quantitative estimate of drug-likeness (QED) is 0.917. The van der Waals surface area contributed by atoms with Gasteiger partial charge < -0.3 is 9.84 Å². The van der Waals surface area contributed by atoms with E-state index in [1.807, 2.05) is 6.07 Å². The van der Waals surface area contributed by atoms with Crippen molar-refractivity contribution in [2.24, 2.45) is 0 Å². The first-order valence-corrected chi connectivity index (χ1v) is 5.66. The standard InChI is InChI=1S/C13H14F3NO2/c1-8(18)9(2)19-12(7-17)10-3-5-11(6-4-10)13(14,15)16/h3-6,8-9,12,18H,1-2H3. The lowest BCUT2D eigenvalue weighted by Gasteiger charge is -2.20. The summed E-state index contributed by atoms with van der Waals surface area (Å²) in [7, 11) is 0. The first-order chi connectivity index (χ1) is 8.75. The molecular formula is C13H14F3NO2. The van der Waals surface area contributed by atoms with E-state index in [1.54, 1.807) is 6.92 Å². The van der Waals surface area contributed by atoms with Crippen molar-refractivity contribution in [2.75, 3.05) is 0 Å². The molecule has 3 unspecified atom stereocenters. The Morgan fingerprint density at radius 3 is 2.11 bits per heavy atom. The predicted octanol–water partition coefficient (Wildman–Crippen LogP) is 3.06. The van der Waals surface area contributed by atoms with Gasteiger partial charge in [0.2, 0.25) is 0 Å². The summed E-state index contributed by atoms with van der Waals surface area (Å²) in [4.78, 5) is 0. The lowest BCUT2D eigenvalue weighted by Crippen LogP contribution is -2.24. The SMILES string of the molecule is CC(O)C(C)OC(C#N)c1ccc(C(F)(F)F)cc1. The zero-order valence-corrected chi connectivity index (χ0v) is 10.5. The van der Waals surface area contributed by atoms with Crippen LogP contribution in [0.3, 0.4) is 0 Å². The Hall–Kier alpha value is -1.58. The summed E-state index contributed by atoms with van der Waals surface area (Å²) in [6.07, 6.45) is -6.78. The van der Waals surface area contributed by atoms with E-state index >= 15 is 0 Å². The van der Waals surface area contributed by atoms with Crippen LogP contribution in [0.5, 0.6) is 0 Å². The second-order valence-electron chi connectivity index (χ2n) is 4.21. The zero-order chi connectivity index (χ0) is 14.6. The second kappa shape index (κ2) is 6.04. The van der Waals surface area contributed by atoms with Crippen molar-refractivity contribution in [1.82, 2.24) is 0 Å². The molecule has 0 aliphatic rings. The number of nitriles is 1. The highest BCUT2D eigenvalue weighted by atomic mass is 19.4. The van der Waals surface area contributed by atoms with Crippen molar-refractivity contribution in [3.63, 3.8) is 0 Å². The number of benzene rings is 1. The van der Waals surface area contributed by atoms with E-state index in [9.17, 15) is 18.3 Å². The molecule has 0 heterocycles. The molecule has 0 saturated heterocycles. The van der Waals surface area contributed by atoms with Gasteiger partial charge in [0.05, 0.1) is 23.8 Å². The summed E-state index contributed by atoms with van der Waals surface area (Å²) in [5, 5.41) is 18.2. The summed E-state index contributed by atoms with van der Waals surface area (Å²) >= 11 is 0. The molecule has 0 aromatic heterocycles. The number of hydrogen-bond acceptors (Lipinski definition) is 3. The van der Waals surface area contributed by atoms with Gasteiger partial charge in [-0.3, -0.25) is 0 Å². The van der Waals surface area contributed by atoms with E-state index in [0.717, 1.165) is 12.1 Å². The lowest BCUT2D eigenvalue weighted by molar-refractivity contribution is -0.137. The molecule has 0 amide bonds. The average Bonchev–Trinajstić information content (AvgIpc) is 2.34. The number of nitrogens with zero attached hydrogens (tertiary/aromatic N) is 1. The number of aliphatic hydroxyl groups excluding tert-OH is 1. The van der Waals surface area contributed by atoms with Crippen LogP contribution in [0.4, 0.5) is 13.2 Å². The molecule has 1 rings (SSSR count). The highest BCUT2D eigenvalue weighted by Crippen LogP contribution is 2.30. The van der Waals surface area contributed by atoms with Crippen LogP contribution in [-0.4, -0.2) is 17.3 Å². The molecule has 0 bridgehead atoms. The Kier molecular flexibility index (Phi) is 4.92. The van der Waals surface area contributed by atoms with Crippen LogP contribution in [0.1, 0.15) is 31.1 Å². The van der Waals surface area contributed by atoms with Crippen LogP contribution in [-0.2, 0) is 10.9 Å². The minimum Gasteiger partial charge on any atom is -0.391 e. The Balaban J connectivity index is 2.87. The smallest absolute Gasteiger partial charge is 0.391 e. The van der Waals surface area contributed by atoms with E-state index in [2.05, 4.69) is 0 Å². The minimum atomic E-state index is -4.41. The first-order valence-electron chi connectivity index (χ1n) is 5.66. The Morgan fingerprint density at radius 1 is 1.21 bits per heavy atom. The molecule has 1 aromatic carbocycles. The topological polar surface area (TPSA) is 53.2 Å². The van der Waals surface area contributed by atoms with Crippen molar-refractivity contribution in [1.29, 1.82) is 5.26 Å². The molecule has 0 aliphatic carbocycles. The molecule has 104 valence electrons. The monoisotopic (exact) mass is 273 g/mol. The maximum absolute atomic E-state index is 12.4. The molecule has 19 heavy (non-hydrogen) atoms. The Morgan fingerprint density at radius 2 is 1.74 bits per heavy atom. The van der Waals surface area contributed by atoms with Gasteiger partial charge in [-0.05, 0) is 31.5 Å². The average molecular weight is 273 g/mol. The molecule has 1 aromatic rings. The molecular weight excluding hydrogens is 259 g/mol. The molecule has 0 aliphatic heterocycles. The summed E-state index contributed by atoms with van der Waals surface area (Å²) in [5.74, 6) is 0. The number of rotatable bonds is 4. The molecule has 0 saturated carbocycles. The van der Waals surface area contributed by atoms with Crippen molar-refractivity contribution in [3.8, 4) is 6.07 Å². The van der Waals surface area contributed by atoms with Gasteiger partial charge in [0.15, 0.2) is 6.10 Å². The largest absolute Gasteiger partial charge is 0.416 e. The number of aliphatic hydroxyl groups is 1. The van der Waals surface area contributed by atoms with Crippen molar-refractivity contribution >= 4 is 0 Å². The summed E-state index contributed by atoms with van der Waals surface area (Å²) in [6, 6.07) is 6.05. The van der Waals surface area contributed by atoms with Crippen LogP contribution < -0.4 is 0 Å². The summed E-state index contributed by atoms with van der Waals surface area (Å²) < 4.78 is 42.4. The van der Waals surface area contributed by atoms with E-state index in [-0.39, 0.29) is 0 Å². The number of halogens is 3. The normalized spacial score (nSPS) is 16.5. The van der Waals surface area contributed by atoms with Gasteiger partial charge in [0.25, 0.3) is 0 Å². The number of ether oxygens (including phenoxy) is 1. The molecule has 1 N–H and O–H groups in total. The van der Waals surface area contributed by atoms with E-state index in [4.69, 9.17) is 10.00 Å². The lowest BCUT2D eigenvalue weighted by atomic mass is 10.1. The van der Waals surface area contributed by atoms with Gasteiger partial charge in [-0.25, -0.2) is 0 Å². The second-order valence-corrected chi connectivity index (χ2v) is 4.21. The fourth-order valence-electron chi connectivity index (χ4n) is 1.36. The van der Waals surface area contributed by atoms with E-state index < -0.39 is 30.1 Å². The van der Waals surface area contributed by atoms with Gasteiger partial charge in [0.1, 0.15) is 0 Å². The highest BCUT2D eigenvalue weighted by molar-refractivity contribution is 5.28.